The highest BCUT2D eigenvalue weighted by Gasteiger charge is 2.10. The second kappa shape index (κ2) is 3.91. The van der Waals surface area contributed by atoms with E-state index in [2.05, 4.69) is 28.4 Å². The first kappa shape index (κ1) is 10.6. The lowest BCUT2D eigenvalue weighted by Gasteiger charge is -2.04. The van der Waals surface area contributed by atoms with E-state index in [-0.39, 0.29) is 0 Å². The molecule has 1 aromatic carbocycles. The molecule has 1 heterocycles. The molecule has 0 saturated carbocycles. The molecule has 82 valence electrons. The molecule has 16 heavy (non-hydrogen) atoms. The number of hydrogen-bond donors (Lipinski definition) is 0. The fourth-order valence-electron chi connectivity index (χ4n) is 1.85. The Labute approximate surface area is 93.6 Å². The van der Waals surface area contributed by atoms with Gasteiger partial charge in [0.25, 0.3) is 0 Å². The average molecular weight is 215 g/mol. The second-order valence-electron chi connectivity index (χ2n) is 4.06. The molecule has 0 aliphatic carbocycles. The fraction of sp³-hybridized carbons (Fsp3) is 0.333. The zero-order valence-electron chi connectivity index (χ0n) is 9.56. The van der Waals surface area contributed by atoms with Gasteiger partial charge in [-0.25, -0.2) is 9.78 Å². The van der Waals surface area contributed by atoms with Crippen molar-refractivity contribution in [2.75, 3.05) is 0 Å². The lowest BCUT2D eigenvalue weighted by atomic mass is 10.2. The van der Waals surface area contributed by atoms with Crippen LogP contribution in [-0.2, 0) is 11.8 Å². The number of imidazole rings is 1. The molecule has 0 spiro atoms. The highest BCUT2D eigenvalue weighted by atomic mass is 16.1. The number of benzene rings is 1. The molecule has 0 N–H and O–H groups in total. The third-order valence-electron chi connectivity index (χ3n) is 2.59. The number of isocyanates is 1. The normalized spacial score (nSPS) is 10.8. The minimum absolute atomic E-state index is 0.371. The largest absolute Gasteiger partial charge is 0.331 e. The molecular formula is C12H13N3O. The smallest absolute Gasteiger partial charge is 0.240 e. The van der Waals surface area contributed by atoms with Gasteiger partial charge in [0.15, 0.2) is 0 Å². The zero-order chi connectivity index (χ0) is 11.7. The molecule has 4 nitrogen and oxygen atoms in total. The van der Waals surface area contributed by atoms with Crippen molar-refractivity contribution in [3.63, 3.8) is 0 Å². The maximum absolute atomic E-state index is 10.2. The second-order valence-corrected chi connectivity index (χ2v) is 4.06. The maximum atomic E-state index is 10.2. The van der Waals surface area contributed by atoms with Gasteiger partial charge in [-0.2, -0.15) is 4.99 Å². The van der Waals surface area contributed by atoms with Crippen LogP contribution in [0, 0.1) is 0 Å². The Morgan fingerprint density at radius 2 is 2.19 bits per heavy atom. The lowest BCUT2D eigenvalue weighted by molar-refractivity contribution is 0.565. The highest BCUT2D eigenvalue weighted by molar-refractivity contribution is 5.80. The van der Waals surface area contributed by atoms with Gasteiger partial charge in [0.2, 0.25) is 6.08 Å². The number of hydrogen-bond acceptors (Lipinski definition) is 3. The van der Waals surface area contributed by atoms with E-state index in [9.17, 15) is 4.79 Å². The molecule has 2 aromatic rings. The van der Waals surface area contributed by atoms with E-state index in [1.165, 1.54) is 6.08 Å². The van der Waals surface area contributed by atoms with E-state index in [4.69, 9.17) is 0 Å². The molecule has 0 bridgehead atoms. The quantitative estimate of drug-likeness (QED) is 0.571. The summed E-state index contributed by atoms with van der Waals surface area (Å²) < 4.78 is 2.06. The minimum Gasteiger partial charge on any atom is -0.331 e. The van der Waals surface area contributed by atoms with E-state index in [1.807, 2.05) is 13.1 Å². The van der Waals surface area contributed by atoms with Crippen LogP contribution in [0.1, 0.15) is 25.6 Å². The Hall–Kier alpha value is -1.93. The Balaban J connectivity index is 2.67. The van der Waals surface area contributed by atoms with Crippen LogP contribution < -0.4 is 0 Å². The number of aliphatic imine (C=N–C) groups is 1. The van der Waals surface area contributed by atoms with Gasteiger partial charge >= 0.3 is 0 Å². The van der Waals surface area contributed by atoms with Gasteiger partial charge in [-0.05, 0) is 18.2 Å². The van der Waals surface area contributed by atoms with Crippen LogP contribution in [0.15, 0.2) is 23.2 Å². The van der Waals surface area contributed by atoms with Crippen molar-refractivity contribution in [3.05, 3.63) is 24.0 Å². The molecule has 0 unspecified atom stereocenters. The van der Waals surface area contributed by atoms with Gasteiger partial charge in [0, 0.05) is 13.0 Å². The van der Waals surface area contributed by atoms with Crippen LogP contribution >= 0.6 is 0 Å². The van der Waals surface area contributed by atoms with Crippen LogP contribution in [0.5, 0.6) is 0 Å². The van der Waals surface area contributed by atoms with Crippen LogP contribution in [0.4, 0.5) is 5.69 Å². The van der Waals surface area contributed by atoms with Crippen LogP contribution in [0.2, 0.25) is 0 Å². The van der Waals surface area contributed by atoms with Crippen LogP contribution in [0.3, 0.4) is 0 Å². The Kier molecular flexibility index (Phi) is 2.59. The topological polar surface area (TPSA) is 47.2 Å². The summed E-state index contributed by atoms with van der Waals surface area (Å²) in [4.78, 5) is 18.3. The van der Waals surface area contributed by atoms with Gasteiger partial charge in [0.1, 0.15) is 5.82 Å². The van der Waals surface area contributed by atoms with Crippen LogP contribution in [0.25, 0.3) is 11.0 Å². The lowest BCUT2D eigenvalue weighted by Crippen LogP contribution is -1.99. The van der Waals surface area contributed by atoms with Crippen molar-refractivity contribution in [1.82, 2.24) is 9.55 Å². The van der Waals surface area contributed by atoms with Gasteiger partial charge in [-0.1, -0.05) is 13.8 Å². The molecule has 0 radical (unpaired) electrons. The summed E-state index contributed by atoms with van der Waals surface area (Å²) >= 11 is 0. The highest BCUT2D eigenvalue weighted by Crippen LogP contribution is 2.24. The molecule has 0 atom stereocenters. The molecule has 0 aliphatic heterocycles. The Bertz CT molecular complexity index is 577. The summed E-state index contributed by atoms with van der Waals surface area (Å²) in [6.45, 7) is 4.21. The zero-order valence-corrected chi connectivity index (χ0v) is 9.56. The molecule has 0 fully saturated rings. The molecule has 1 aromatic heterocycles. The van der Waals surface area contributed by atoms with Crippen molar-refractivity contribution < 1.29 is 4.79 Å². The van der Waals surface area contributed by atoms with Gasteiger partial charge in [0.05, 0.1) is 16.7 Å². The van der Waals surface area contributed by atoms with Gasteiger partial charge < -0.3 is 4.57 Å². The van der Waals surface area contributed by atoms with Gasteiger partial charge in [-0.15, -0.1) is 0 Å². The van der Waals surface area contributed by atoms with E-state index >= 15 is 0 Å². The van der Waals surface area contributed by atoms with E-state index < -0.39 is 0 Å². The number of aromatic nitrogens is 2. The van der Waals surface area contributed by atoms with Crippen molar-refractivity contribution in [2.24, 2.45) is 12.0 Å². The standard InChI is InChI=1S/C12H13N3O/c1-8(2)12-14-10-6-9(13-7-16)4-5-11(10)15(12)3/h4-6,8H,1-3H3. The number of nitrogens with zero attached hydrogens (tertiary/aromatic N) is 3. The molecule has 0 aliphatic rings. The SMILES string of the molecule is CC(C)c1nc2cc(N=C=O)ccc2n1C. The fourth-order valence-corrected chi connectivity index (χ4v) is 1.85. The van der Waals surface area contributed by atoms with E-state index in [1.54, 1.807) is 12.1 Å². The molecular weight excluding hydrogens is 202 g/mol. The summed E-state index contributed by atoms with van der Waals surface area (Å²) in [5.74, 6) is 1.40. The van der Waals surface area contributed by atoms with Crippen molar-refractivity contribution >= 4 is 22.8 Å². The van der Waals surface area contributed by atoms with E-state index in [0.29, 0.717) is 11.6 Å². The number of carbonyl (C=O) groups excluding carboxylic acids is 1. The number of aryl methyl sites for hydroxylation is 1. The first-order valence-corrected chi connectivity index (χ1v) is 5.17. The summed E-state index contributed by atoms with van der Waals surface area (Å²) in [7, 11) is 1.99. The molecule has 4 heteroatoms. The van der Waals surface area contributed by atoms with Gasteiger partial charge in [-0.3, -0.25) is 0 Å². The Morgan fingerprint density at radius 1 is 1.44 bits per heavy atom. The molecule has 0 amide bonds. The molecule has 0 saturated heterocycles. The summed E-state index contributed by atoms with van der Waals surface area (Å²) in [6.07, 6.45) is 1.53. The van der Waals surface area contributed by atoms with E-state index in [0.717, 1.165) is 16.9 Å². The third-order valence-corrected chi connectivity index (χ3v) is 2.59. The monoisotopic (exact) mass is 215 g/mol. The predicted molar refractivity (Wildman–Crippen MR) is 62.6 cm³/mol. The summed E-state index contributed by atoms with van der Waals surface area (Å²) in [6, 6.07) is 5.51. The van der Waals surface area contributed by atoms with Crippen molar-refractivity contribution in [3.8, 4) is 0 Å². The first-order chi connectivity index (χ1) is 7.63. The van der Waals surface area contributed by atoms with Crippen molar-refractivity contribution in [2.45, 2.75) is 19.8 Å². The maximum Gasteiger partial charge on any atom is 0.240 e. The number of rotatable bonds is 2. The molecule has 2 rings (SSSR count). The third kappa shape index (κ3) is 1.64. The summed E-state index contributed by atoms with van der Waals surface area (Å²) in [5, 5.41) is 0. The van der Waals surface area contributed by atoms with Crippen LogP contribution in [-0.4, -0.2) is 15.6 Å². The Morgan fingerprint density at radius 3 is 2.81 bits per heavy atom. The minimum atomic E-state index is 0.371. The predicted octanol–water partition coefficient (Wildman–Crippen LogP) is 2.66. The van der Waals surface area contributed by atoms with Crippen molar-refractivity contribution in [1.29, 1.82) is 0 Å². The first-order valence-electron chi connectivity index (χ1n) is 5.17. The average Bonchev–Trinajstić information content (AvgIpc) is 2.56. The summed E-state index contributed by atoms with van der Waals surface area (Å²) in [5.41, 5.74) is 2.51. The number of fused-ring (bicyclic) bond motifs is 1.